The molecule has 0 spiro atoms. The molecule has 1 aromatic heterocycles. The molecular weight excluding hydrogens is 402 g/mol. The first kappa shape index (κ1) is 21.4. The number of rotatable bonds is 3. The lowest BCUT2D eigenvalue weighted by molar-refractivity contribution is 0.0499. The van der Waals surface area contributed by atoms with Gasteiger partial charge in [-0.3, -0.25) is 4.68 Å². The molecule has 2 aromatic rings. The minimum absolute atomic E-state index is 0.0155. The van der Waals surface area contributed by atoms with Crippen LogP contribution in [0.1, 0.15) is 66.2 Å². The smallest absolute Gasteiger partial charge is 0.407 e. The van der Waals surface area contributed by atoms with Gasteiger partial charge in [0.05, 0.1) is 28.5 Å². The van der Waals surface area contributed by atoms with Gasteiger partial charge < -0.3 is 20.7 Å². The summed E-state index contributed by atoms with van der Waals surface area (Å²) in [4.78, 5) is 14.7. The number of nitrogen functional groups attached to an aromatic ring is 1. The van der Waals surface area contributed by atoms with E-state index >= 15 is 0 Å². The summed E-state index contributed by atoms with van der Waals surface area (Å²) >= 11 is 0. The number of alkyl carbamates (subject to hydrolysis) is 1. The predicted octanol–water partition coefficient (Wildman–Crippen LogP) is 4.65. The van der Waals surface area contributed by atoms with Crippen molar-refractivity contribution in [1.82, 2.24) is 15.1 Å². The van der Waals surface area contributed by atoms with E-state index in [0.29, 0.717) is 12.5 Å². The third-order valence-corrected chi connectivity index (χ3v) is 7.86. The lowest BCUT2D eigenvalue weighted by atomic mass is 9.66. The van der Waals surface area contributed by atoms with Crippen molar-refractivity contribution >= 4 is 28.4 Å². The Kier molecular flexibility index (Phi) is 5.06. The van der Waals surface area contributed by atoms with Crippen molar-refractivity contribution in [3.05, 3.63) is 18.3 Å². The van der Waals surface area contributed by atoms with E-state index in [1.165, 1.54) is 38.5 Å². The predicted molar refractivity (Wildman–Crippen MR) is 128 cm³/mol. The Morgan fingerprint density at radius 3 is 2.53 bits per heavy atom. The Morgan fingerprint density at radius 2 is 1.88 bits per heavy atom. The lowest BCUT2D eigenvalue weighted by Gasteiger charge is -2.46. The number of ether oxygens (including phenoxy) is 1. The van der Waals surface area contributed by atoms with Crippen LogP contribution in [0, 0.1) is 11.8 Å². The van der Waals surface area contributed by atoms with Gasteiger partial charge in [-0.15, -0.1) is 0 Å². The first-order valence-corrected chi connectivity index (χ1v) is 12.2. The van der Waals surface area contributed by atoms with Crippen molar-refractivity contribution < 1.29 is 9.53 Å². The Morgan fingerprint density at radius 1 is 1.19 bits per heavy atom. The van der Waals surface area contributed by atoms with Crippen LogP contribution >= 0.6 is 0 Å². The van der Waals surface area contributed by atoms with Crippen LogP contribution in [-0.2, 0) is 10.3 Å². The first-order valence-electron chi connectivity index (χ1n) is 12.2. The van der Waals surface area contributed by atoms with Crippen molar-refractivity contribution in [3.63, 3.8) is 0 Å². The fourth-order valence-corrected chi connectivity index (χ4v) is 6.06. The maximum absolute atomic E-state index is 12.3. The highest BCUT2D eigenvalue weighted by molar-refractivity contribution is 5.98. The molecule has 1 amide bonds. The topological polar surface area (TPSA) is 85.4 Å². The van der Waals surface area contributed by atoms with E-state index in [1.807, 2.05) is 32.9 Å². The molecule has 1 aliphatic heterocycles. The van der Waals surface area contributed by atoms with Gasteiger partial charge in [0, 0.05) is 24.7 Å². The Hall–Kier alpha value is -2.44. The number of benzene rings is 1. The number of hydrogen-bond donors (Lipinski definition) is 2. The van der Waals surface area contributed by atoms with E-state index in [9.17, 15) is 4.79 Å². The molecule has 32 heavy (non-hydrogen) atoms. The number of fused-ring (bicyclic) bond motifs is 4. The van der Waals surface area contributed by atoms with E-state index in [2.05, 4.69) is 28.0 Å². The minimum Gasteiger partial charge on any atom is -0.444 e. The molecule has 7 heteroatoms. The van der Waals surface area contributed by atoms with E-state index in [4.69, 9.17) is 15.6 Å². The summed E-state index contributed by atoms with van der Waals surface area (Å²) in [6, 6.07) is 4.04. The highest BCUT2D eigenvalue weighted by atomic mass is 16.6. The van der Waals surface area contributed by atoms with Crippen LogP contribution in [0.4, 0.5) is 16.2 Å². The zero-order chi connectivity index (χ0) is 22.7. The number of anilines is 2. The molecule has 2 bridgehead atoms. The zero-order valence-corrected chi connectivity index (χ0v) is 19.9. The summed E-state index contributed by atoms with van der Waals surface area (Å²) in [6.07, 6.45) is 9.57. The molecule has 174 valence electrons. The average Bonchev–Trinajstić information content (AvgIpc) is 3.32. The van der Waals surface area contributed by atoms with Crippen LogP contribution in [0.5, 0.6) is 0 Å². The molecule has 1 aromatic carbocycles. The summed E-state index contributed by atoms with van der Waals surface area (Å²) in [5, 5.41) is 9.24. The molecule has 4 fully saturated rings. The normalized spacial score (nSPS) is 30.1. The van der Waals surface area contributed by atoms with Crippen LogP contribution in [0.3, 0.4) is 0 Å². The number of carbonyl (C=O) groups excluding carboxylic acids is 1. The van der Waals surface area contributed by atoms with Crippen molar-refractivity contribution in [1.29, 1.82) is 0 Å². The molecule has 2 heterocycles. The van der Waals surface area contributed by atoms with Gasteiger partial charge in [-0.25, -0.2) is 4.79 Å². The number of nitrogens with two attached hydrogens (primary N) is 1. The molecule has 6 rings (SSSR count). The van der Waals surface area contributed by atoms with E-state index in [1.54, 1.807) is 0 Å². The molecule has 3 saturated carbocycles. The molecule has 7 nitrogen and oxygen atoms in total. The molecule has 3 aliphatic carbocycles. The second-order valence-corrected chi connectivity index (χ2v) is 11.4. The average molecular weight is 440 g/mol. The molecule has 0 radical (unpaired) electrons. The third-order valence-electron chi connectivity index (χ3n) is 7.86. The number of nitrogens with one attached hydrogen (secondary N) is 1. The Balaban J connectivity index is 1.41. The standard InChI is InChI=1S/C25H37N5O2/c1-16-13-29(15-21(16)27-23(31)32-24(2,3)4)22-18-14-30(28-20(18)6-5-19(22)26)25-10-7-17(8-11-25)9-12-25/h5-6,14,16-17,21H,7-13,15,26H2,1-4H3,(H,27,31)/t16-,17?,21+,25?/m1/s1. The number of aromatic nitrogens is 2. The van der Waals surface area contributed by atoms with Gasteiger partial charge in [0.2, 0.25) is 0 Å². The third kappa shape index (κ3) is 3.80. The largest absolute Gasteiger partial charge is 0.444 e. The SMILES string of the molecule is C[C@@H]1CN(c2c(N)ccc3nn(C45CCC(CC4)CC5)cc23)C[C@@H]1NC(=O)OC(C)(C)C. The molecule has 1 saturated heterocycles. The number of nitrogens with zero attached hydrogens (tertiary/aromatic N) is 3. The van der Waals surface area contributed by atoms with Crippen molar-refractivity contribution in [2.45, 2.75) is 83.4 Å². The summed E-state index contributed by atoms with van der Waals surface area (Å²) in [6.45, 7) is 9.36. The van der Waals surface area contributed by atoms with Gasteiger partial charge in [0.25, 0.3) is 0 Å². The maximum atomic E-state index is 12.3. The van der Waals surface area contributed by atoms with Crippen molar-refractivity contribution in [3.8, 4) is 0 Å². The zero-order valence-electron chi connectivity index (χ0n) is 19.9. The van der Waals surface area contributed by atoms with Gasteiger partial charge in [-0.1, -0.05) is 6.92 Å². The van der Waals surface area contributed by atoms with E-state index in [-0.39, 0.29) is 17.7 Å². The number of amides is 1. The van der Waals surface area contributed by atoms with Gasteiger partial charge in [-0.05, 0) is 83.3 Å². The van der Waals surface area contributed by atoms with Gasteiger partial charge in [0.15, 0.2) is 0 Å². The van der Waals surface area contributed by atoms with Gasteiger partial charge >= 0.3 is 6.09 Å². The summed E-state index contributed by atoms with van der Waals surface area (Å²) < 4.78 is 7.74. The van der Waals surface area contributed by atoms with Crippen LogP contribution in [0.25, 0.3) is 10.9 Å². The second kappa shape index (κ2) is 7.56. The monoisotopic (exact) mass is 439 g/mol. The maximum Gasteiger partial charge on any atom is 0.407 e. The molecule has 0 unspecified atom stereocenters. The van der Waals surface area contributed by atoms with Crippen LogP contribution in [0.2, 0.25) is 0 Å². The Labute approximate surface area is 190 Å². The van der Waals surface area contributed by atoms with Gasteiger partial charge in [-0.2, -0.15) is 5.10 Å². The minimum atomic E-state index is -0.506. The highest BCUT2D eigenvalue weighted by Gasteiger charge is 2.43. The summed E-state index contributed by atoms with van der Waals surface area (Å²) in [7, 11) is 0. The van der Waals surface area contributed by atoms with E-state index < -0.39 is 5.60 Å². The first-order chi connectivity index (χ1) is 15.1. The summed E-state index contributed by atoms with van der Waals surface area (Å²) in [5.74, 6) is 1.22. The molecular formula is C25H37N5O2. The number of carbonyl (C=O) groups is 1. The van der Waals surface area contributed by atoms with Crippen LogP contribution in [0.15, 0.2) is 18.3 Å². The fourth-order valence-electron chi connectivity index (χ4n) is 6.06. The molecule has 3 N–H and O–H groups in total. The van der Waals surface area contributed by atoms with Crippen LogP contribution < -0.4 is 16.0 Å². The summed E-state index contributed by atoms with van der Waals surface area (Å²) in [5.41, 5.74) is 9.01. The molecule has 4 aliphatic rings. The van der Waals surface area contributed by atoms with Crippen molar-refractivity contribution in [2.24, 2.45) is 11.8 Å². The highest BCUT2D eigenvalue weighted by Crippen LogP contribution is 2.49. The second-order valence-electron chi connectivity index (χ2n) is 11.4. The molecule has 2 atom stereocenters. The number of hydrogen-bond acceptors (Lipinski definition) is 5. The van der Waals surface area contributed by atoms with Crippen LogP contribution in [-0.4, -0.2) is 40.6 Å². The fraction of sp³-hybridized carbons (Fsp3) is 0.680. The van der Waals surface area contributed by atoms with Gasteiger partial charge in [0.1, 0.15) is 5.60 Å². The van der Waals surface area contributed by atoms with E-state index in [0.717, 1.165) is 34.7 Å². The lowest BCUT2D eigenvalue weighted by Crippen LogP contribution is -2.43. The Bertz CT molecular complexity index is 1000. The quantitative estimate of drug-likeness (QED) is 0.680. The van der Waals surface area contributed by atoms with Crippen molar-refractivity contribution in [2.75, 3.05) is 23.7 Å².